The normalized spacial score (nSPS) is 14.1. The molecule has 8 heteroatoms. The van der Waals surface area contributed by atoms with Crippen LogP contribution in [0.1, 0.15) is 12.0 Å². The quantitative estimate of drug-likeness (QED) is 0.398. The fourth-order valence-electron chi connectivity index (χ4n) is 3.26. The van der Waals surface area contributed by atoms with Gasteiger partial charge in [0.05, 0.1) is 25.5 Å². The van der Waals surface area contributed by atoms with Crippen LogP contribution in [0.5, 0.6) is 5.75 Å². The van der Waals surface area contributed by atoms with Crippen LogP contribution in [0.2, 0.25) is 0 Å². The molecule has 1 saturated heterocycles. The van der Waals surface area contributed by atoms with Gasteiger partial charge in [-0.25, -0.2) is 4.39 Å². The van der Waals surface area contributed by atoms with Gasteiger partial charge in [0.15, 0.2) is 5.16 Å². The fraction of sp³-hybridized carbons (Fsp3) is 0.364. The van der Waals surface area contributed by atoms with Crippen LogP contribution < -0.4 is 9.64 Å². The molecule has 0 N–H and O–H groups in total. The van der Waals surface area contributed by atoms with Crippen molar-refractivity contribution in [3.8, 4) is 11.4 Å². The number of ether oxygens (including phenoxy) is 2. The van der Waals surface area contributed by atoms with Gasteiger partial charge in [0.1, 0.15) is 11.6 Å². The Kier molecular flexibility index (Phi) is 6.86. The lowest BCUT2D eigenvalue weighted by atomic mass is 10.2. The second-order valence-corrected chi connectivity index (χ2v) is 8.12. The number of aromatic nitrogens is 3. The lowest BCUT2D eigenvalue weighted by Crippen LogP contribution is -2.37. The Balaban J connectivity index is 1.43. The van der Waals surface area contributed by atoms with Gasteiger partial charge in [0.2, 0.25) is 5.95 Å². The van der Waals surface area contributed by atoms with E-state index in [0.29, 0.717) is 25.6 Å². The molecular weight excluding hydrogens is 403 g/mol. The lowest BCUT2D eigenvalue weighted by Gasteiger charge is -2.28. The van der Waals surface area contributed by atoms with Gasteiger partial charge in [-0.2, -0.15) is 0 Å². The summed E-state index contributed by atoms with van der Waals surface area (Å²) in [6.07, 6.45) is 0.843. The second kappa shape index (κ2) is 9.95. The first kappa shape index (κ1) is 20.7. The summed E-state index contributed by atoms with van der Waals surface area (Å²) in [6, 6.07) is 14.5. The van der Waals surface area contributed by atoms with Crippen LogP contribution >= 0.6 is 11.8 Å². The van der Waals surface area contributed by atoms with E-state index in [9.17, 15) is 4.39 Å². The number of hydrogen-bond donors (Lipinski definition) is 0. The third-order valence-corrected chi connectivity index (χ3v) is 5.79. The van der Waals surface area contributed by atoms with Crippen molar-refractivity contribution in [3.05, 3.63) is 59.9 Å². The smallest absolute Gasteiger partial charge is 0.232 e. The number of nitrogens with zero attached hydrogens (tertiary/aromatic N) is 4. The molecule has 0 atom stereocenters. The molecule has 1 aliphatic rings. The average molecular weight is 429 g/mol. The highest BCUT2D eigenvalue weighted by Gasteiger charge is 2.21. The largest absolute Gasteiger partial charge is 0.494 e. The first-order valence-electron chi connectivity index (χ1n) is 10.1. The summed E-state index contributed by atoms with van der Waals surface area (Å²) in [4.78, 5) is 2.22. The summed E-state index contributed by atoms with van der Waals surface area (Å²) in [7, 11) is 0. The summed E-state index contributed by atoms with van der Waals surface area (Å²) in [5.41, 5.74) is 2.25. The number of aryl methyl sites for hydroxylation is 1. The van der Waals surface area contributed by atoms with Crippen LogP contribution in [0, 0.1) is 12.7 Å². The average Bonchev–Trinajstić information content (AvgIpc) is 3.19. The Hall–Kier alpha value is -2.58. The summed E-state index contributed by atoms with van der Waals surface area (Å²) in [6.45, 7) is 5.66. The molecule has 0 aliphatic carbocycles. The third-order valence-electron chi connectivity index (χ3n) is 4.77. The van der Waals surface area contributed by atoms with E-state index in [2.05, 4.69) is 50.9 Å². The van der Waals surface area contributed by atoms with Crippen molar-refractivity contribution in [2.24, 2.45) is 0 Å². The summed E-state index contributed by atoms with van der Waals surface area (Å²) < 4.78 is 26.3. The van der Waals surface area contributed by atoms with E-state index >= 15 is 0 Å². The third kappa shape index (κ3) is 5.12. The molecule has 1 aromatic heterocycles. The molecule has 0 spiro atoms. The van der Waals surface area contributed by atoms with Gasteiger partial charge in [0.25, 0.3) is 0 Å². The molecule has 4 rings (SSSR count). The van der Waals surface area contributed by atoms with Crippen LogP contribution in [0.3, 0.4) is 0 Å². The first-order chi connectivity index (χ1) is 14.7. The lowest BCUT2D eigenvalue weighted by molar-refractivity contribution is 0.122. The number of rotatable bonds is 8. The summed E-state index contributed by atoms with van der Waals surface area (Å²) in [5.74, 6) is 2.12. The number of benzene rings is 2. The van der Waals surface area contributed by atoms with Crippen LogP contribution in [-0.2, 0) is 4.74 Å². The van der Waals surface area contributed by atoms with Gasteiger partial charge in [0, 0.05) is 18.8 Å². The van der Waals surface area contributed by atoms with Gasteiger partial charge < -0.3 is 14.4 Å². The highest BCUT2D eigenvalue weighted by Crippen LogP contribution is 2.28. The van der Waals surface area contributed by atoms with E-state index in [-0.39, 0.29) is 5.82 Å². The van der Waals surface area contributed by atoms with Crippen molar-refractivity contribution >= 4 is 17.7 Å². The topological polar surface area (TPSA) is 52.4 Å². The SMILES string of the molecule is Cc1cccc(-n2c(SCCCOc3ccc(F)cc3)nnc2N2CCOCC2)c1. The van der Waals surface area contributed by atoms with Gasteiger partial charge in [-0.05, 0) is 55.3 Å². The van der Waals surface area contributed by atoms with Crippen LogP contribution in [0.15, 0.2) is 53.7 Å². The van der Waals surface area contributed by atoms with Crippen LogP contribution in [0.4, 0.5) is 10.3 Å². The number of halogens is 1. The van der Waals surface area contributed by atoms with Crippen LogP contribution in [-0.4, -0.2) is 53.4 Å². The minimum atomic E-state index is -0.260. The van der Waals surface area contributed by atoms with E-state index in [1.165, 1.54) is 17.7 Å². The molecule has 2 heterocycles. The zero-order valence-corrected chi connectivity index (χ0v) is 17.8. The van der Waals surface area contributed by atoms with E-state index < -0.39 is 0 Å². The molecule has 30 heavy (non-hydrogen) atoms. The maximum Gasteiger partial charge on any atom is 0.232 e. The Morgan fingerprint density at radius 1 is 1.10 bits per heavy atom. The van der Waals surface area contributed by atoms with Gasteiger partial charge in [-0.1, -0.05) is 23.9 Å². The number of hydrogen-bond acceptors (Lipinski definition) is 6. The van der Waals surface area contributed by atoms with Crippen molar-refractivity contribution in [1.82, 2.24) is 14.8 Å². The maximum absolute atomic E-state index is 13.0. The highest BCUT2D eigenvalue weighted by atomic mass is 32.2. The minimum Gasteiger partial charge on any atom is -0.494 e. The van der Waals surface area contributed by atoms with Gasteiger partial charge in [-0.3, -0.25) is 4.57 Å². The molecule has 1 fully saturated rings. The Morgan fingerprint density at radius 3 is 2.67 bits per heavy atom. The van der Waals surface area contributed by atoms with Crippen molar-refractivity contribution in [2.45, 2.75) is 18.5 Å². The molecule has 158 valence electrons. The zero-order chi connectivity index (χ0) is 20.8. The fourth-order valence-corrected chi connectivity index (χ4v) is 4.12. The van der Waals surface area contributed by atoms with Crippen molar-refractivity contribution < 1.29 is 13.9 Å². The second-order valence-electron chi connectivity index (χ2n) is 7.06. The number of thioether (sulfide) groups is 1. The molecule has 2 aromatic carbocycles. The van der Waals surface area contributed by atoms with E-state index in [1.807, 2.05) is 0 Å². The molecule has 0 saturated carbocycles. The standard InChI is InChI=1S/C22H25FN4O2S/c1-17-4-2-5-19(16-17)27-21(26-10-13-28-14-11-26)24-25-22(27)30-15-3-12-29-20-8-6-18(23)7-9-20/h2,4-9,16H,3,10-15H2,1H3. The highest BCUT2D eigenvalue weighted by molar-refractivity contribution is 7.99. The maximum atomic E-state index is 13.0. The number of anilines is 1. The molecule has 6 nitrogen and oxygen atoms in total. The summed E-state index contributed by atoms with van der Waals surface area (Å²) >= 11 is 1.66. The van der Waals surface area contributed by atoms with E-state index in [1.54, 1.807) is 23.9 Å². The molecule has 0 unspecified atom stereocenters. The molecule has 0 radical (unpaired) electrons. The van der Waals surface area contributed by atoms with Crippen molar-refractivity contribution in [1.29, 1.82) is 0 Å². The van der Waals surface area contributed by atoms with E-state index in [4.69, 9.17) is 9.47 Å². The van der Waals surface area contributed by atoms with E-state index in [0.717, 1.165) is 42.1 Å². The molecule has 0 bridgehead atoms. The molecule has 3 aromatic rings. The Bertz CT molecular complexity index is 958. The molecule has 0 amide bonds. The van der Waals surface area contributed by atoms with Crippen molar-refractivity contribution in [2.75, 3.05) is 43.6 Å². The minimum absolute atomic E-state index is 0.260. The summed E-state index contributed by atoms with van der Waals surface area (Å²) in [5, 5.41) is 9.83. The molecular formula is C22H25FN4O2S. The first-order valence-corrected chi connectivity index (χ1v) is 11.1. The van der Waals surface area contributed by atoms with Gasteiger partial charge in [-0.15, -0.1) is 10.2 Å². The monoisotopic (exact) mass is 428 g/mol. The van der Waals surface area contributed by atoms with Gasteiger partial charge >= 0.3 is 0 Å². The predicted octanol–water partition coefficient (Wildman–Crippen LogP) is 4.11. The Labute approximate surface area is 180 Å². The predicted molar refractivity (Wildman–Crippen MR) is 116 cm³/mol. The van der Waals surface area contributed by atoms with Crippen LogP contribution in [0.25, 0.3) is 5.69 Å². The Morgan fingerprint density at radius 2 is 1.90 bits per heavy atom. The molecule has 1 aliphatic heterocycles. The zero-order valence-electron chi connectivity index (χ0n) is 17.0. The van der Waals surface area contributed by atoms with Crippen molar-refractivity contribution in [3.63, 3.8) is 0 Å². The number of morpholine rings is 1.